The van der Waals surface area contributed by atoms with Crippen molar-refractivity contribution in [2.24, 2.45) is 0 Å². The average molecular weight is 307 g/mol. The average Bonchev–Trinajstić information content (AvgIpc) is 2.97. The van der Waals surface area contributed by atoms with Crippen LogP contribution in [0.1, 0.15) is 4.88 Å². The number of rotatable bonds is 6. The summed E-state index contributed by atoms with van der Waals surface area (Å²) < 4.78 is 5.17. The van der Waals surface area contributed by atoms with Crippen LogP contribution in [0.4, 0.5) is 0 Å². The molecule has 0 atom stereocenters. The number of carbonyl (C=O) groups is 1. The number of benzene rings is 1. The van der Waals surface area contributed by atoms with E-state index in [0.717, 1.165) is 10.6 Å². The van der Waals surface area contributed by atoms with E-state index in [0.29, 0.717) is 12.3 Å². The number of carbonyl (C=O) groups excluding carboxylic acids is 1. The van der Waals surface area contributed by atoms with Crippen LogP contribution in [0.3, 0.4) is 0 Å². The van der Waals surface area contributed by atoms with E-state index in [-0.39, 0.29) is 5.91 Å². The predicted molar refractivity (Wildman–Crippen MR) is 84.5 cm³/mol. The number of methoxy groups -OCH3 is 1. The fourth-order valence-electron chi connectivity index (χ4n) is 1.67. The van der Waals surface area contributed by atoms with Gasteiger partial charge in [-0.2, -0.15) is 0 Å². The van der Waals surface area contributed by atoms with Crippen molar-refractivity contribution in [3.8, 4) is 5.75 Å². The lowest BCUT2D eigenvalue weighted by molar-refractivity contribution is -0.127. The minimum absolute atomic E-state index is 0.131. The fraction of sp³-hybridized carbons (Fsp3) is 0.267. The standard InChI is InChI=1S/C15H17NO2S2/c1-16(10-14-7-4-8-19-14)15(17)11-20-13-6-3-5-12(9-13)18-2/h3-9H,10-11H2,1-2H3. The number of thiophene rings is 1. The molecule has 0 unspecified atom stereocenters. The second-order valence-electron chi connectivity index (χ2n) is 4.30. The van der Waals surface area contributed by atoms with E-state index in [1.165, 1.54) is 16.6 Å². The lowest BCUT2D eigenvalue weighted by Crippen LogP contribution is -2.27. The van der Waals surface area contributed by atoms with Crippen molar-refractivity contribution in [1.29, 1.82) is 0 Å². The van der Waals surface area contributed by atoms with Crippen LogP contribution < -0.4 is 4.74 Å². The molecule has 3 nitrogen and oxygen atoms in total. The number of ether oxygens (including phenoxy) is 1. The van der Waals surface area contributed by atoms with Crippen molar-refractivity contribution in [2.75, 3.05) is 19.9 Å². The zero-order valence-electron chi connectivity index (χ0n) is 11.5. The van der Waals surface area contributed by atoms with Gasteiger partial charge in [0.1, 0.15) is 5.75 Å². The maximum atomic E-state index is 12.1. The maximum absolute atomic E-state index is 12.1. The van der Waals surface area contributed by atoms with Crippen LogP contribution in [-0.2, 0) is 11.3 Å². The number of hydrogen-bond acceptors (Lipinski definition) is 4. The molecule has 1 aromatic carbocycles. The molecule has 0 spiro atoms. The smallest absolute Gasteiger partial charge is 0.233 e. The second-order valence-corrected chi connectivity index (χ2v) is 6.38. The third-order valence-electron chi connectivity index (χ3n) is 2.80. The molecule has 0 bridgehead atoms. The summed E-state index contributed by atoms with van der Waals surface area (Å²) in [5.74, 6) is 1.38. The van der Waals surface area contributed by atoms with Crippen molar-refractivity contribution < 1.29 is 9.53 Å². The number of amides is 1. The van der Waals surface area contributed by atoms with Crippen molar-refractivity contribution in [2.45, 2.75) is 11.4 Å². The van der Waals surface area contributed by atoms with Crippen molar-refractivity contribution in [1.82, 2.24) is 4.90 Å². The third-order valence-corrected chi connectivity index (χ3v) is 4.64. The van der Waals surface area contributed by atoms with Gasteiger partial charge in [-0.05, 0) is 29.6 Å². The summed E-state index contributed by atoms with van der Waals surface area (Å²) in [5.41, 5.74) is 0. The molecule has 20 heavy (non-hydrogen) atoms. The van der Waals surface area contributed by atoms with Gasteiger partial charge in [-0.15, -0.1) is 23.1 Å². The number of thioether (sulfide) groups is 1. The molecule has 0 radical (unpaired) electrons. The van der Waals surface area contributed by atoms with Gasteiger partial charge in [0, 0.05) is 16.8 Å². The van der Waals surface area contributed by atoms with E-state index < -0.39 is 0 Å². The maximum Gasteiger partial charge on any atom is 0.233 e. The predicted octanol–water partition coefficient (Wildman–Crippen LogP) is 3.51. The fourth-order valence-corrected chi connectivity index (χ4v) is 3.31. The lowest BCUT2D eigenvalue weighted by Gasteiger charge is -2.16. The molecule has 1 aromatic heterocycles. The third kappa shape index (κ3) is 4.28. The van der Waals surface area contributed by atoms with Gasteiger partial charge in [0.2, 0.25) is 5.91 Å². The summed E-state index contributed by atoms with van der Waals surface area (Å²) in [6.45, 7) is 0.676. The van der Waals surface area contributed by atoms with Gasteiger partial charge in [-0.25, -0.2) is 0 Å². The van der Waals surface area contributed by atoms with Crippen molar-refractivity contribution in [3.05, 3.63) is 46.7 Å². The quantitative estimate of drug-likeness (QED) is 0.765. The van der Waals surface area contributed by atoms with Crippen LogP contribution in [0.15, 0.2) is 46.7 Å². The highest BCUT2D eigenvalue weighted by atomic mass is 32.2. The molecule has 0 aliphatic heterocycles. The monoisotopic (exact) mass is 307 g/mol. The van der Waals surface area contributed by atoms with Crippen LogP contribution in [0.5, 0.6) is 5.75 Å². The van der Waals surface area contributed by atoms with Gasteiger partial charge in [0.05, 0.1) is 19.4 Å². The molecule has 2 rings (SSSR count). The number of nitrogens with zero attached hydrogens (tertiary/aromatic N) is 1. The molecule has 0 aliphatic carbocycles. The van der Waals surface area contributed by atoms with Crippen LogP contribution in [0.2, 0.25) is 0 Å². The second kappa shape index (κ2) is 7.36. The Hall–Kier alpha value is -1.46. The molecule has 1 amide bonds. The SMILES string of the molecule is COc1cccc(SCC(=O)N(C)Cc2cccs2)c1. The zero-order valence-corrected chi connectivity index (χ0v) is 13.2. The summed E-state index contributed by atoms with van der Waals surface area (Å²) in [4.78, 5) is 16.1. The van der Waals surface area contributed by atoms with Crippen LogP contribution in [0.25, 0.3) is 0 Å². The molecule has 0 N–H and O–H groups in total. The highest BCUT2D eigenvalue weighted by Gasteiger charge is 2.10. The Balaban J connectivity index is 1.84. The summed E-state index contributed by atoms with van der Waals surface area (Å²) in [6, 6.07) is 11.8. The largest absolute Gasteiger partial charge is 0.497 e. The molecule has 0 fully saturated rings. The van der Waals surface area contributed by atoms with Crippen LogP contribution in [0, 0.1) is 0 Å². The minimum Gasteiger partial charge on any atom is -0.497 e. The van der Waals surface area contributed by atoms with Crippen LogP contribution in [-0.4, -0.2) is 30.7 Å². The first-order valence-corrected chi connectivity index (χ1v) is 8.09. The van der Waals surface area contributed by atoms with E-state index in [1.54, 1.807) is 23.3 Å². The minimum atomic E-state index is 0.131. The van der Waals surface area contributed by atoms with E-state index >= 15 is 0 Å². The Bertz CT molecular complexity index is 555. The zero-order chi connectivity index (χ0) is 14.4. The van der Waals surface area contributed by atoms with E-state index in [1.807, 2.05) is 48.8 Å². The highest BCUT2D eigenvalue weighted by molar-refractivity contribution is 8.00. The first-order valence-electron chi connectivity index (χ1n) is 6.22. The molecule has 0 aliphatic rings. The van der Waals surface area contributed by atoms with Gasteiger partial charge in [-0.3, -0.25) is 4.79 Å². The first-order chi connectivity index (χ1) is 9.69. The number of hydrogen-bond donors (Lipinski definition) is 0. The topological polar surface area (TPSA) is 29.5 Å². The van der Waals surface area contributed by atoms with Crippen LogP contribution >= 0.6 is 23.1 Å². The van der Waals surface area contributed by atoms with Gasteiger partial charge in [-0.1, -0.05) is 12.1 Å². The van der Waals surface area contributed by atoms with Gasteiger partial charge in [0.25, 0.3) is 0 Å². The summed E-state index contributed by atoms with van der Waals surface area (Å²) in [7, 11) is 3.48. The Morgan fingerprint density at radius 2 is 2.20 bits per heavy atom. The van der Waals surface area contributed by atoms with E-state index in [2.05, 4.69) is 0 Å². The molecule has 2 aromatic rings. The molecular formula is C15H17NO2S2. The summed E-state index contributed by atoms with van der Waals surface area (Å²) in [6.07, 6.45) is 0. The van der Waals surface area contributed by atoms with Gasteiger partial charge >= 0.3 is 0 Å². The summed E-state index contributed by atoms with van der Waals surface area (Å²) >= 11 is 3.20. The Morgan fingerprint density at radius 3 is 2.90 bits per heavy atom. The van der Waals surface area contributed by atoms with E-state index in [4.69, 9.17) is 4.74 Å². The Kier molecular flexibility index (Phi) is 5.49. The first kappa shape index (κ1) is 14.9. The molecule has 0 saturated heterocycles. The Morgan fingerprint density at radius 1 is 1.35 bits per heavy atom. The molecule has 0 saturated carbocycles. The van der Waals surface area contributed by atoms with Gasteiger partial charge in [0.15, 0.2) is 0 Å². The van der Waals surface area contributed by atoms with Crippen molar-refractivity contribution in [3.63, 3.8) is 0 Å². The lowest BCUT2D eigenvalue weighted by atomic mass is 10.3. The molecular weight excluding hydrogens is 290 g/mol. The van der Waals surface area contributed by atoms with Crippen molar-refractivity contribution >= 4 is 29.0 Å². The summed E-state index contributed by atoms with van der Waals surface area (Å²) in [5, 5.41) is 2.03. The van der Waals surface area contributed by atoms with E-state index in [9.17, 15) is 4.79 Å². The van der Waals surface area contributed by atoms with Gasteiger partial charge < -0.3 is 9.64 Å². The molecule has 106 valence electrons. The Labute approximate surface area is 127 Å². The highest BCUT2D eigenvalue weighted by Crippen LogP contribution is 2.23. The normalized spacial score (nSPS) is 10.3. The molecule has 1 heterocycles. The molecule has 5 heteroatoms.